The van der Waals surface area contributed by atoms with Crippen LogP contribution in [0, 0.1) is 3.57 Å². The van der Waals surface area contributed by atoms with Crippen LogP contribution < -0.4 is 9.47 Å². The van der Waals surface area contributed by atoms with Crippen molar-refractivity contribution in [3.63, 3.8) is 0 Å². The fraction of sp³-hybridized carbons (Fsp3) is 0.0909. The van der Waals surface area contributed by atoms with Gasteiger partial charge in [-0.05, 0) is 74.0 Å². The van der Waals surface area contributed by atoms with E-state index in [0.29, 0.717) is 0 Å². The van der Waals surface area contributed by atoms with Crippen LogP contribution in [0.4, 0.5) is 0 Å². The number of hydrogen-bond donors (Lipinski definition) is 0. The largest absolute Gasteiger partial charge is 0.497 e. The molecule has 0 saturated heterocycles. The van der Waals surface area contributed by atoms with E-state index in [-0.39, 0.29) is 0 Å². The van der Waals surface area contributed by atoms with E-state index in [0.717, 1.165) is 11.5 Å². The third kappa shape index (κ3) is 2.72. The molecule has 0 aliphatic rings. The first-order chi connectivity index (χ1) is 12.2. The maximum Gasteiger partial charge on any atom is 0.119 e. The molecule has 0 heterocycles. The molecular weight excluding hydrogens is 423 g/mol. The van der Waals surface area contributed by atoms with Crippen LogP contribution in [0.15, 0.2) is 66.7 Å². The molecule has 0 N–H and O–H groups in total. The first-order valence-corrected chi connectivity index (χ1v) is 9.13. The Hall–Kier alpha value is -2.27. The Morgan fingerprint density at radius 3 is 1.80 bits per heavy atom. The van der Waals surface area contributed by atoms with E-state index >= 15 is 0 Å². The van der Waals surface area contributed by atoms with Gasteiger partial charge in [-0.1, -0.05) is 42.5 Å². The summed E-state index contributed by atoms with van der Waals surface area (Å²) >= 11 is 2.45. The Balaban J connectivity index is 2.20. The molecule has 0 atom stereocenters. The molecule has 4 aromatic rings. The summed E-state index contributed by atoms with van der Waals surface area (Å²) in [5, 5.41) is 4.85. The Labute approximate surface area is 160 Å². The van der Waals surface area contributed by atoms with Gasteiger partial charge < -0.3 is 9.47 Å². The van der Waals surface area contributed by atoms with Crippen LogP contribution in [-0.4, -0.2) is 14.2 Å². The Morgan fingerprint density at radius 2 is 1.20 bits per heavy atom. The van der Waals surface area contributed by atoms with Gasteiger partial charge in [0.05, 0.1) is 14.2 Å². The molecule has 0 unspecified atom stereocenters. The Morgan fingerprint density at radius 1 is 0.640 bits per heavy atom. The number of hydrogen-bond acceptors (Lipinski definition) is 2. The lowest BCUT2D eigenvalue weighted by atomic mass is 9.93. The number of halogens is 1. The lowest BCUT2D eigenvalue weighted by Crippen LogP contribution is -1.92. The second-order valence-corrected chi connectivity index (χ2v) is 6.96. The van der Waals surface area contributed by atoms with E-state index in [4.69, 9.17) is 9.47 Å². The van der Waals surface area contributed by atoms with Crippen molar-refractivity contribution in [2.45, 2.75) is 0 Å². The molecule has 0 saturated carbocycles. The van der Waals surface area contributed by atoms with E-state index < -0.39 is 0 Å². The molecule has 0 aliphatic carbocycles. The maximum atomic E-state index is 5.48. The summed E-state index contributed by atoms with van der Waals surface area (Å²) in [4.78, 5) is 0. The summed E-state index contributed by atoms with van der Waals surface area (Å²) in [6, 6.07) is 23.1. The zero-order valence-corrected chi connectivity index (χ0v) is 16.2. The molecule has 0 aliphatic heterocycles. The van der Waals surface area contributed by atoms with E-state index in [2.05, 4.69) is 71.1 Å². The molecule has 0 spiro atoms. The van der Waals surface area contributed by atoms with Gasteiger partial charge in [-0.3, -0.25) is 0 Å². The van der Waals surface area contributed by atoms with Gasteiger partial charge in [-0.15, -0.1) is 0 Å². The molecule has 2 nitrogen and oxygen atoms in total. The van der Waals surface area contributed by atoms with Gasteiger partial charge in [0.25, 0.3) is 0 Å². The van der Waals surface area contributed by atoms with Crippen molar-refractivity contribution < 1.29 is 9.47 Å². The molecule has 0 amide bonds. The average Bonchev–Trinajstić information content (AvgIpc) is 2.68. The highest BCUT2D eigenvalue weighted by Crippen LogP contribution is 2.41. The van der Waals surface area contributed by atoms with E-state index in [1.165, 1.54) is 36.2 Å². The third-order valence-corrected chi connectivity index (χ3v) is 5.65. The Kier molecular flexibility index (Phi) is 4.25. The highest BCUT2D eigenvalue weighted by Gasteiger charge is 2.15. The zero-order valence-electron chi connectivity index (χ0n) is 14.0. The van der Waals surface area contributed by atoms with Crippen LogP contribution in [0.1, 0.15) is 0 Å². The van der Waals surface area contributed by atoms with Crippen molar-refractivity contribution >= 4 is 44.1 Å². The summed E-state index contributed by atoms with van der Waals surface area (Å²) in [5.41, 5.74) is 2.44. The van der Waals surface area contributed by atoms with Gasteiger partial charge >= 0.3 is 0 Å². The van der Waals surface area contributed by atoms with E-state index in [9.17, 15) is 0 Å². The molecule has 3 heteroatoms. The quantitative estimate of drug-likeness (QED) is 0.276. The molecule has 0 bridgehead atoms. The molecule has 124 valence electrons. The fourth-order valence-corrected chi connectivity index (χ4v) is 4.35. The predicted octanol–water partition coefficient (Wildman–Crippen LogP) is 6.28. The molecule has 0 radical (unpaired) electrons. The molecule has 25 heavy (non-hydrogen) atoms. The number of ether oxygens (including phenoxy) is 2. The van der Waals surface area contributed by atoms with Crippen molar-refractivity contribution in [3.05, 3.63) is 70.3 Å². The van der Waals surface area contributed by atoms with E-state index in [1.807, 2.05) is 18.2 Å². The zero-order chi connectivity index (χ0) is 17.4. The van der Waals surface area contributed by atoms with Crippen LogP contribution in [0.5, 0.6) is 11.5 Å². The normalized spacial score (nSPS) is 11.0. The number of rotatable bonds is 3. The summed E-state index contributed by atoms with van der Waals surface area (Å²) < 4.78 is 12.1. The van der Waals surface area contributed by atoms with Crippen molar-refractivity contribution in [1.29, 1.82) is 0 Å². The smallest absolute Gasteiger partial charge is 0.119 e. The highest BCUT2D eigenvalue weighted by molar-refractivity contribution is 14.1. The maximum absolute atomic E-state index is 5.48. The summed E-state index contributed by atoms with van der Waals surface area (Å²) in [5.74, 6) is 1.74. The van der Waals surface area contributed by atoms with Crippen LogP contribution in [0.25, 0.3) is 32.7 Å². The first kappa shape index (κ1) is 16.2. The topological polar surface area (TPSA) is 18.5 Å². The third-order valence-electron chi connectivity index (χ3n) is 4.53. The summed E-state index contributed by atoms with van der Waals surface area (Å²) in [6.45, 7) is 0. The fourth-order valence-electron chi connectivity index (χ4n) is 3.30. The van der Waals surface area contributed by atoms with Crippen LogP contribution in [-0.2, 0) is 0 Å². The average molecular weight is 440 g/mol. The van der Waals surface area contributed by atoms with Crippen molar-refractivity contribution in [1.82, 2.24) is 0 Å². The molecule has 4 aromatic carbocycles. The molecule has 0 aromatic heterocycles. The van der Waals surface area contributed by atoms with Crippen molar-refractivity contribution in [2.75, 3.05) is 14.2 Å². The lowest BCUT2D eigenvalue weighted by Gasteiger charge is -2.16. The first-order valence-electron chi connectivity index (χ1n) is 8.05. The predicted molar refractivity (Wildman–Crippen MR) is 113 cm³/mol. The second-order valence-electron chi connectivity index (χ2n) is 5.88. The number of benzene rings is 4. The van der Waals surface area contributed by atoms with Crippen LogP contribution in [0.2, 0.25) is 0 Å². The van der Waals surface area contributed by atoms with E-state index in [1.54, 1.807) is 14.2 Å². The molecule has 0 fully saturated rings. The standard InChI is InChI=1S/C22H17IO2/c1-24-15-8-10-17-18-11-9-16(25-2)13-20(18)22(23)21(19(17)12-15)14-6-4-3-5-7-14/h3-13H,1-2H3. The van der Waals surface area contributed by atoms with Crippen molar-refractivity contribution in [3.8, 4) is 22.6 Å². The lowest BCUT2D eigenvalue weighted by molar-refractivity contribution is 0.415. The summed E-state index contributed by atoms with van der Waals surface area (Å²) in [6.07, 6.45) is 0. The SMILES string of the molecule is COc1ccc2c(c1)c(I)c(-c1ccccc1)c1cc(OC)ccc12. The van der Waals surface area contributed by atoms with Gasteiger partial charge in [0.1, 0.15) is 11.5 Å². The van der Waals surface area contributed by atoms with Crippen LogP contribution in [0.3, 0.4) is 0 Å². The number of methoxy groups -OCH3 is 2. The van der Waals surface area contributed by atoms with Crippen LogP contribution >= 0.6 is 22.6 Å². The van der Waals surface area contributed by atoms with Crippen molar-refractivity contribution in [2.24, 2.45) is 0 Å². The van der Waals surface area contributed by atoms with Gasteiger partial charge in [0.2, 0.25) is 0 Å². The second kappa shape index (κ2) is 6.56. The minimum absolute atomic E-state index is 0.869. The monoisotopic (exact) mass is 440 g/mol. The Bertz CT molecular complexity index is 1070. The number of fused-ring (bicyclic) bond motifs is 3. The molecular formula is C22H17IO2. The van der Waals surface area contributed by atoms with Gasteiger partial charge in [0.15, 0.2) is 0 Å². The highest BCUT2D eigenvalue weighted by atomic mass is 127. The minimum Gasteiger partial charge on any atom is -0.497 e. The summed E-state index contributed by atoms with van der Waals surface area (Å²) in [7, 11) is 3.41. The minimum atomic E-state index is 0.869. The van der Waals surface area contributed by atoms with Gasteiger partial charge in [-0.25, -0.2) is 0 Å². The van der Waals surface area contributed by atoms with Gasteiger partial charge in [0, 0.05) is 9.13 Å². The molecule has 4 rings (SSSR count). The van der Waals surface area contributed by atoms with Gasteiger partial charge in [-0.2, -0.15) is 0 Å².